The van der Waals surface area contributed by atoms with E-state index in [2.05, 4.69) is 41.2 Å². The van der Waals surface area contributed by atoms with Crippen molar-refractivity contribution in [3.05, 3.63) is 60.4 Å². The second-order valence-corrected chi connectivity index (χ2v) is 5.61. The highest BCUT2D eigenvalue weighted by atomic mass is 16.3. The van der Waals surface area contributed by atoms with Crippen LogP contribution in [0.5, 0.6) is 0 Å². The first kappa shape index (κ1) is 12.5. The molecule has 0 saturated heterocycles. The summed E-state index contributed by atoms with van der Waals surface area (Å²) < 4.78 is 2.15. The van der Waals surface area contributed by atoms with E-state index < -0.39 is 5.60 Å². The van der Waals surface area contributed by atoms with Crippen molar-refractivity contribution in [1.29, 1.82) is 0 Å². The lowest BCUT2D eigenvalue weighted by molar-refractivity contribution is -0.0302. The van der Waals surface area contributed by atoms with Gasteiger partial charge in [-0.3, -0.25) is 0 Å². The summed E-state index contributed by atoms with van der Waals surface area (Å²) in [5.41, 5.74) is 0.585. The lowest BCUT2D eigenvalue weighted by atomic mass is 9.77. The van der Waals surface area contributed by atoms with Crippen LogP contribution < -0.4 is 0 Å². The number of hydrogen-bond acceptors (Lipinski definition) is 1. The van der Waals surface area contributed by atoms with E-state index in [0.29, 0.717) is 0 Å². The first-order valence-electron chi connectivity index (χ1n) is 7.19. The fraction of sp³-hybridized carbons (Fsp3) is 0.412. The average Bonchev–Trinajstić information content (AvgIpc) is 2.94. The van der Waals surface area contributed by atoms with Crippen molar-refractivity contribution in [2.75, 3.05) is 0 Å². The molecule has 1 unspecified atom stereocenters. The molecule has 1 aromatic carbocycles. The number of rotatable bonds is 3. The van der Waals surface area contributed by atoms with Gasteiger partial charge in [0.2, 0.25) is 0 Å². The Hall–Kier alpha value is -1.54. The Labute approximate surface area is 114 Å². The fourth-order valence-corrected chi connectivity index (χ4v) is 3.35. The molecule has 3 rings (SSSR count). The van der Waals surface area contributed by atoms with Gasteiger partial charge < -0.3 is 9.67 Å². The van der Waals surface area contributed by atoms with E-state index in [-0.39, 0.29) is 6.04 Å². The van der Waals surface area contributed by atoms with E-state index >= 15 is 0 Å². The molecule has 2 heteroatoms. The fourth-order valence-electron chi connectivity index (χ4n) is 3.35. The molecule has 1 heterocycles. The lowest BCUT2D eigenvalue weighted by Gasteiger charge is -2.40. The van der Waals surface area contributed by atoms with E-state index in [0.717, 1.165) is 25.7 Å². The minimum absolute atomic E-state index is 0.0315. The summed E-state index contributed by atoms with van der Waals surface area (Å²) in [6.07, 6.45) is 9.40. The van der Waals surface area contributed by atoms with Crippen LogP contribution >= 0.6 is 0 Å². The summed E-state index contributed by atoms with van der Waals surface area (Å²) in [5, 5.41) is 11.1. The van der Waals surface area contributed by atoms with Crippen molar-refractivity contribution in [2.45, 2.75) is 43.7 Å². The van der Waals surface area contributed by atoms with Gasteiger partial charge in [-0.15, -0.1) is 0 Å². The molecule has 0 bridgehead atoms. The third kappa shape index (κ3) is 2.45. The maximum Gasteiger partial charge on any atom is 0.0895 e. The van der Waals surface area contributed by atoms with Gasteiger partial charge in [-0.2, -0.15) is 0 Å². The molecule has 1 atom stereocenters. The zero-order valence-electron chi connectivity index (χ0n) is 11.2. The third-order valence-corrected chi connectivity index (χ3v) is 4.27. The smallest absolute Gasteiger partial charge is 0.0895 e. The largest absolute Gasteiger partial charge is 0.387 e. The average molecular weight is 255 g/mol. The highest BCUT2D eigenvalue weighted by Gasteiger charge is 2.39. The van der Waals surface area contributed by atoms with E-state index in [1.54, 1.807) is 0 Å². The highest BCUT2D eigenvalue weighted by molar-refractivity contribution is 5.24. The van der Waals surface area contributed by atoms with Crippen molar-refractivity contribution < 1.29 is 5.11 Å². The number of benzene rings is 1. The SMILES string of the molecule is OC1(C(c2ccccc2)n2cccc2)CCCCC1. The van der Waals surface area contributed by atoms with Crippen molar-refractivity contribution in [3.63, 3.8) is 0 Å². The van der Waals surface area contributed by atoms with Gasteiger partial charge in [0, 0.05) is 12.4 Å². The third-order valence-electron chi connectivity index (χ3n) is 4.27. The maximum absolute atomic E-state index is 11.1. The molecule has 1 saturated carbocycles. The van der Waals surface area contributed by atoms with Gasteiger partial charge in [0.05, 0.1) is 11.6 Å². The lowest BCUT2D eigenvalue weighted by Crippen LogP contribution is -2.41. The molecule has 1 aliphatic rings. The summed E-state index contributed by atoms with van der Waals surface area (Å²) in [4.78, 5) is 0. The van der Waals surface area contributed by atoms with Crippen LogP contribution in [0.25, 0.3) is 0 Å². The van der Waals surface area contributed by atoms with Crippen LogP contribution in [0, 0.1) is 0 Å². The van der Waals surface area contributed by atoms with Crippen molar-refractivity contribution >= 4 is 0 Å². The van der Waals surface area contributed by atoms with Crippen molar-refractivity contribution in [3.8, 4) is 0 Å². The van der Waals surface area contributed by atoms with Crippen molar-refractivity contribution in [1.82, 2.24) is 4.57 Å². The Kier molecular flexibility index (Phi) is 3.43. The number of aromatic nitrogens is 1. The summed E-state index contributed by atoms with van der Waals surface area (Å²) in [7, 11) is 0. The van der Waals surface area contributed by atoms with E-state index in [1.165, 1.54) is 12.0 Å². The van der Waals surface area contributed by atoms with E-state index in [9.17, 15) is 5.11 Å². The first-order valence-corrected chi connectivity index (χ1v) is 7.19. The van der Waals surface area contributed by atoms with Crippen LogP contribution in [0.1, 0.15) is 43.7 Å². The minimum atomic E-state index is -0.612. The zero-order chi connectivity index (χ0) is 13.1. The Bertz CT molecular complexity index is 497. The van der Waals surface area contributed by atoms with Gasteiger partial charge in [-0.25, -0.2) is 0 Å². The van der Waals surface area contributed by atoms with Crippen LogP contribution in [0.15, 0.2) is 54.9 Å². The predicted octanol–water partition coefficient (Wildman–Crippen LogP) is 3.77. The second-order valence-electron chi connectivity index (χ2n) is 5.61. The van der Waals surface area contributed by atoms with Crippen LogP contribution in [-0.2, 0) is 0 Å². The Morgan fingerprint density at radius 2 is 1.53 bits per heavy atom. The molecular weight excluding hydrogens is 234 g/mol. The van der Waals surface area contributed by atoms with Gasteiger partial charge in [0.1, 0.15) is 0 Å². The summed E-state index contributed by atoms with van der Waals surface area (Å²) in [5.74, 6) is 0. The molecule has 0 radical (unpaired) electrons. The number of nitrogens with zero attached hydrogens (tertiary/aromatic N) is 1. The molecule has 1 N–H and O–H groups in total. The van der Waals surface area contributed by atoms with Gasteiger partial charge >= 0.3 is 0 Å². The maximum atomic E-state index is 11.1. The minimum Gasteiger partial charge on any atom is -0.387 e. The predicted molar refractivity (Wildman–Crippen MR) is 77.0 cm³/mol. The first-order chi connectivity index (χ1) is 9.30. The number of aliphatic hydroxyl groups is 1. The zero-order valence-corrected chi connectivity index (χ0v) is 11.2. The van der Waals surface area contributed by atoms with E-state index in [4.69, 9.17) is 0 Å². The number of hydrogen-bond donors (Lipinski definition) is 1. The summed E-state index contributed by atoms with van der Waals surface area (Å²) in [6.45, 7) is 0. The molecule has 100 valence electrons. The molecule has 2 aromatic rings. The Balaban J connectivity index is 2.02. The highest BCUT2D eigenvalue weighted by Crippen LogP contribution is 2.40. The van der Waals surface area contributed by atoms with Crippen LogP contribution in [-0.4, -0.2) is 15.3 Å². The van der Waals surface area contributed by atoms with E-state index in [1.807, 2.05) is 18.2 Å². The molecule has 0 spiro atoms. The van der Waals surface area contributed by atoms with Crippen molar-refractivity contribution in [2.24, 2.45) is 0 Å². The van der Waals surface area contributed by atoms with Gasteiger partial charge in [0.15, 0.2) is 0 Å². The molecule has 1 aliphatic carbocycles. The van der Waals surface area contributed by atoms with Gasteiger partial charge in [-0.1, -0.05) is 49.6 Å². The molecule has 0 amide bonds. The van der Waals surface area contributed by atoms with Gasteiger partial charge in [0.25, 0.3) is 0 Å². The molecule has 1 aromatic heterocycles. The molecular formula is C17H21NO. The summed E-state index contributed by atoms with van der Waals surface area (Å²) >= 11 is 0. The van der Waals surface area contributed by atoms with Crippen LogP contribution in [0.2, 0.25) is 0 Å². The topological polar surface area (TPSA) is 25.2 Å². The van der Waals surface area contributed by atoms with Crippen LogP contribution in [0.3, 0.4) is 0 Å². The Morgan fingerprint density at radius 1 is 0.895 bits per heavy atom. The monoisotopic (exact) mass is 255 g/mol. The molecule has 19 heavy (non-hydrogen) atoms. The quantitative estimate of drug-likeness (QED) is 0.887. The Morgan fingerprint density at radius 3 is 2.16 bits per heavy atom. The normalized spacial score (nSPS) is 20.1. The standard InChI is InChI=1S/C17H21NO/c19-17(11-5-2-6-12-17)16(18-13-7-8-14-18)15-9-3-1-4-10-15/h1,3-4,7-10,13-14,16,19H,2,5-6,11-12H2. The summed E-state index contributed by atoms with van der Waals surface area (Å²) in [6, 6.07) is 14.5. The molecule has 0 aliphatic heterocycles. The second kappa shape index (κ2) is 5.22. The van der Waals surface area contributed by atoms with Crippen LogP contribution in [0.4, 0.5) is 0 Å². The molecule has 2 nitrogen and oxygen atoms in total. The van der Waals surface area contributed by atoms with Gasteiger partial charge in [-0.05, 0) is 30.5 Å². The molecule has 1 fully saturated rings.